The second-order valence-electron chi connectivity index (χ2n) is 3.45. The monoisotopic (exact) mass is 210 g/mol. The minimum Gasteiger partial charge on any atom is -0.481 e. The highest BCUT2D eigenvalue weighted by Crippen LogP contribution is 2.16. The van der Waals surface area contributed by atoms with Crippen LogP contribution in [0.3, 0.4) is 0 Å². The van der Waals surface area contributed by atoms with Crippen LogP contribution in [0, 0.1) is 5.92 Å². The molecule has 0 saturated carbocycles. The third-order valence-corrected chi connectivity index (χ3v) is 2.23. The normalized spacial score (nSPS) is 12.3. The fourth-order valence-electron chi connectivity index (χ4n) is 1.47. The fourth-order valence-corrected chi connectivity index (χ4v) is 1.47. The van der Waals surface area contributed by atoms with Gasteiger partial charge in [0.25, 0.3) is 0 Å². The lowest BCUT2D eigenvalue weighted by molar-refractivity contribution is -0.142. The zero-order chi connectivity index (χ0) is 11.3. The molecule has 4 heteroatoms. The maximum Gasteiger partial charge on any atom is 0.306 e. The highest BCUT2D eigenvalue weighted by Gasteiger charge is 2.18. The number of carboxylic acids is 1. The molecule has 1 atom stereocenters. The molecule has 1 heterocycles. The van der Waals surface area contributed by atoms with Gasteiger partial charge < -0.3 is 9.52 Å². The van der Waals surface area contributed by atoms with E-state index in [4.69, 9.17) is 9.52 Å². The van der Waals surface area contributed by atoms with Crippen LogP contribution in [0.2, 0.25) is 0 Å². The highest BCUT2D eigenvalue weighted by molar-refractivity contribution is 5.71. The molecule has 15 heavy (non-hydrogen) atoms. The van der Waals surface area contributed by atoms with Gasteiger partial charge in [0.05, 0.1) is 5.92 Å². The van der Waals surface area contributed by atoms with Crippen LogP contribution >= 0.6 is 0 Å². The van der Waals surface area contributed by atoms with Gasteiger partial charge in [-0.15, -0.1) is 0 Å². The van der Waals surface area contributed by atoms with Gasteiger partial charge in [-0.3, -0.25) is 9.59 Å². The molecule has 82 valence electrons. The zero-order valence-electron chi connectivity index (χ0n) is 8.60. The lowest BCUT2D eigenvalue weighted by atomic mass is 9.99. The van der Waals surface area contributed by atoms with Crippen LogP contribution in [-0.4, -0.2) is 17.4 Å². The van der Waals surface area contributed by atoms with Gasteiger partial charge in [0.1, 0.15) is 5.76 Å². The quantitative estimate of drug-likeness (QED) is 0.730. The van der Waals surface area contributed by atoms with Crippen LogP contribution in [0.1, 0.15) is 36.1 Å². The highest BCUT2D eigenvalue weighted by atomic mass is 16.4. The molecule has 1 rings (SSSR count). The first-order chi connectivity index (χ1) is 7.17. The Morgan fingerprint density at radius 3 is 2.80 bits per heavy atom. The van der Waals surface area contributed by atoms with Gasteiger partial charge >= 0.3 is 5.97 Å². The first kappa shape index (κ1) is 11.5. The predicted molar refractivity (Wildman–Crippen MR) is 53.8 cm³/mol. The Hall–Kier alpha value is -1.58. The number of rotatable bonds is 6. The molecule has 1 unspecified atom stereocenters. The van der Waals surface area contributed by atoms with Gasteiger partial charge in [0.2, 0.25) is 0 Å². The Balaban J connectivity index is 2.64. The van der Waals surface area contributed by atoms with Crippen molar-refractivity contribution in [1.82, 2.24) is 0 Å². The Morgan fingerprint density at radius 2 is 2.33 bits per heavy atom. The minimum absolute atomic E-state index is 0.241. The van der Waals surface area contributed by atoms with Gasteiger partial charge in [0, 0.05) is 6.42 Å². The third-order valence-electron chi connectivity index (χ3n) is 2.23. The van der Waals surface area contributed by atoms with Crippen LogP contribution in [0.15, 0.2) is 16.5 Å². The van der Waals surface area contributed by atoms with E-state index < -0.39 is 11.9 Å². The maximum atomic E-state index is 10.9. The summed E-state index contributed by atoms with van der Waals surface area (Å²) in [6.45, 7) is 1.94. The molecule has 0 amide bonds. The second-order valence-corrected chi connectivity index (χ2v) is 3.45. The van der Waals surface area contributed by atoms with E-state index in [9.17, 15) is 9.59 Å². The molecule has 0 aliphatic heterocycles. The summed E-state index contributed by atoms with van der Waals surface area (Å²) in [7, 11) is 0. The number of hydrogen-bond acceptors (Lipinski definition) is 3. The van der Waals surface area contributed by atoms with Gasteiger partial charge in [-0.1, -0.05) is 13.3 Å². The Kier molecular flexibility index (Phi) is 4.09. The zero-order valence-corrected chi connectivity index (χ0v) is 8.60. The van der Waals surface area contributed by atoms with Gasteiger partial charge in [-0.2, -0.15) is 0 Å². The molecule has 4 nitrogen and oxygen atoms in total. The molecule has 0 aliphatic rings. The number of carboxylic acid groups (broad SMARTS) is 1. The number of hydrogen-bond donors (Lipinski definition) is 1. The molecule has 0 bridgehead atoms. The van der Waals surface area contributed by atoms with Crippen molar-refractivity contribution in [3.63, 3.8) is 0 Å². The predicted octanol–water partition coefficient (Wildman–Crippen LogP) is 2.14. The summed E-state index contributed by atoms with van der Waals surface area (Å²) in [5, 5.41) is 8.92. The van der Waals surface area contributed by atoms with Crippen LogP contribution < -0.4 is 0 Å². The molecular weight excluding hydrogens is 196 g/mol. The van der Waals surface area contributed by atoms with E-state index in [1.165, 1.54) is 0 Å². The van der Waals surface area contributed by atoms with Gasteiger partial charge in [-0.25, -0.2) is 0 Å². The first-order valence-electron chi connectivity index (χ1n) is 4.94. The van der Waals surface area contributed by atoms with Crippen LogP contribution in [0.5, 0.6) is 0 Å². The molecule has 0 spiro atoms. The SMILES string of the molecule is CCCC(Cc1ccc(C=O)o1)C(=O)O. The lowest BCUT2D eigenvalue weighted by Gasteiger charge is -2.08. The Bertz CT molecular complexity index is 340. The van der Waals surface area contributed by atoms with E-state index in [-0.39, 0.29) is 5.76 Å². The summed E-state index contributed by atoms with van der Waals surface area (Å²) >= 11 is 0. The average molecular weight is 210 g/mol. The van der Waals surface area contributed by atoms with E-state index in [0.29, 0.717) is 24.9 Å². The van der Waals surface area contributed by atoms with E-state index in [0.717, 1.165) is 6.42 Å². The fraction of sp³-hybridized carbons (Fsp3) is 0.455. The van der Waals surface area contributed by atoms with Crippen molar-refractivity contribution < 1.29 is 19.1 Å². The molecule has 1 aromatic heterocycles. The Morgan fingerprint density at radius 1 is 1.60 bits per heavy atom. The number of aldehydes is 1. The first-order valence-corrected chi connectivity index (χ1v) is 4.94. The molecule has 0 fully saturated rings. The standard InChI is InChI=1S/C11H14O4/c1-2-3-8(11(13)14)6-9-4-5-10(7-12)15-9/h4-5,7-8H,2-3,6H2,1H3,(H,13,14). The van der Waals surface area contributed by atoms with Gasteiger partial charge in [0.15, 0.2) is 12.0 Å². The van der Waals surface area contributed by atoms with Crippen molar-refractivity contribution in [3.8, 4) is 0 Å². The second kappa shape index (κ2) is 5.34. The topological polar surface area (TPSA) is 67.5 Å². The smallest absolute Gasteiger partial charge is 0.306 e. The molecule has 0 aromatic carbocycles. The lowest BCUT2D eigenvalue weighted by Crippen LogP contribution is -2.15. The summed E-state index contributed by atoms with van der Waals surface area (Å²) in [5.41, 5.74) is 0. The number of aliphatic carboxylic acids is 1. The van der Waals surface area contributed by atoms with Gasteiger partial charge in [-0.05, 0) is 18.6 Å². The van der Waals surface area contributed by atoms with Crippen molar-refractivity contribution in [2.75, 3.05) is 0 Å². The molecule has 0 aliphatic carbocycles. The summed E-state index contributed by atoms with van der Waals surface area (Å²) in [6.07, 6.45) is 2.39. The number of furan rings is 1. The van der Waals surface area contributed by atoms with Crippen molar-refractivity contribution in [1.29, 1.82) is 0 Å². The largest absolute Gasteiger partial charge is 0.481 e. The van der Waals surface area contributed by atoms with Crippen molar-refractivity contribution in [2.45, 2.75) is 26.2 Å². The van der Waals surface area contributed by atoms with Crippen LogP contribution in [-0.2, 0) is 11.2 Å². The summed E-state index contributed by atoms with van der Waals surface area (Å²) in [5.74, 6) is -0.454. The minimum atomic E-state index is -0.819. The summed E-state index contributed by atoms with van der Waals surface area (Å²) in [6, 6.07) is 3.20. The van der Waals surface area contributed by atoms with Crippen LogP contribution in [0.4, 0.5) is 0 Å². The summed E-state index contributed by atoms with van der Waals surface area (Å²) < 4.78 is 5.13. The molecule has 0 saturated heterocycles. The molecular formula is C11H14O4. The van der Waals surface area contributed by atoms with E-state index in [2.05, 4.69) is 0 Å². The summed E-state index contributed by atoms with van der Waals surface area (Å²) in [4.78, 5) is 21.2. The molecule has 0 radical (unpaired) electrons. The van der Waals surface area contributed by atoms with E-state index in [1.54, 1.807) is 12.1 Å². The Labute approximate surface area is 87.9 Å². The van der Waals surface area contributed by atoms with Crippen molar-refractivity contribution in [3.05, 3.63) is 23.7 Å². The average Bonchev–Trinajstić information content (AvgIpc) is 2.65. The van der Waals surface area contributed by atoms with Crippen LogP contribution in [0.25, 0.3) is 0 Å². The maximum absolute atomic E-state index is 10.9. The molecule has 1 N–H and O–H groups in total. The third kappa shape index (κ3) is 3.23. The van der Waals surface area contributed by atoms with E-state index >= 15 is 0 Å². The number of carbonyl (C=O) groups excluding carboxylic acids is 1. The molecule has 1 aromatic rings. The van der Waals surface area contributed by atoms with Crippen molar-refractivity contribution >= 4 is 12.3 Å². The van der Waals surface area contributed by atoms with E-state index in [1.807, 2.05) is 6.92 Å². The van der Waals surface area contributed by atoms with Crippen molar-refractivity contribution in [2.24, 2.45) is 5.92 Å². The number of carbonyl (C=O) groups is 2.